The van der Waals surface area contributed by atoms with Crippen molar-refractivity contribution in [2.45, 2.75) is 13.8 Å². The van der Waals surface area contributed by atoms with Gasteiger partial charge in [0.05, 0.1) is 0 Å². The third kappa shape index (κ3) is 3.88. The van der Waals surface area contributed by atoms with Gasteiger partial charge >= 0.3 is 0 Å². The van der Waals surface area contributed by atoms with Gasteiger partial charge < -0.3 is 0 Å². The number of allylic oxidation sites excluding steroid dienone is 2. The van der Waals surface area contributed by atoms with E-state index in [2.05, 4.69) is 4.99 Å². The number of nitrogens with zero attached hydrogens (tertiary/aromatic N) is 1. The lowest BCUT2D eigenvalue weighted by Gasteiger charge is -1.85. The molecule has 1 nitrogen and oxygen atoms in total. The Morgan fingerprint density at radius 3 is 2.12 bits per heavy atom. The molecule has 0 N–H and O–H groups in total. The average molecular weight is 132 g/mol. The Hall–Kier alpha value is -0.300. The lowest BCUT2D eigenvalue weighted by Crippen LogP contribution is -1.82. The zero-order chi connectivity index (χ0) is 6.57. The zero-order valence-electron chi connectivity index (χ0n) is 5.40. The highest BCUT2D eigenvalue weighted by Crippen LogP contribution is 1.97. The van der Waals surface area contributed by atoms with Crippen LogP contribution in [-0.4, -0.2) is 12.8 Å². The van der Waals surface area contributed by atoms with Crippen LogP contribution in [0.4, 0.5) is 0 Å². The van der Waals surface area contributed by atoms with E-state index in [1.807, 2.05) is 19.9 Å². The topological polar surface area (TPSA) is 12.4 Å². The van der Waals surface area contributed by atoms with Crippen LogP contribution >= 0.6 is 11.6 Å². The monoisotopic (exact) mass is 131 g/mol. The highest BCUT2D eigenvalue weighted by atomic mass is 35.5. The summed E-state index contributed by atoms with van der Waals surface area (Å²) in [6.07, 6.45) is 1.82. The maximum absolute atomic E-state index is 5.53. The van der Waals surface area contributed by atoms with Gasteiger partial charge in [-0.3, -0.25) is 4.99 Å². The van der Waals surface area contributed by atoms with Crippen LogP contribution in [-0.2, 0) is 0 Å². The Balaban J connectivity index is 3.89. The van der Waals surface area contributed by atoms with E-state index in [-0.39, 0.29) is 0 Å². The minimum atomic E-state index is 0.771. The smallest absolute Gasteiger partial charge is 0.0325 e. The van der Waals surface area contributed by atoms with Gasteiger partial charge in [0.15, 0.2) is 0 Å². The molecule has 0 heterocycles. The van der Waals surface area contributed by atoms with Gasteiger partial charge in [-0.05, 0) is 19.9 Å². The first kappa shape index (κ1) is 7.70. The van der Waals surface area contributed by atoms with Gasteiger partial charge in [-0.2, -0.15) is 0 Å². The average Bonchev–Trinajstić information content (AvgIpc) is 1.65. The van der Waals surface area contributed by atoms with Crippen LogP contribution in [0.5, 0.6) is 0 Å². The highest BCUT2D eigenvalue weighted by molar-refractivity contribution is 6.30. The molecule has 0 spiro atoms. The Labute approximate surface area is 55.1 Å². The van der Waals surface area contributed by atoms with Gasteiger partial charge in [-0.1, -0.05) is 11.6 Å². The van der Waals surface area contributed by atoms with Gasteiger partial charge in [0.25, 0.3) is 0 Å². The third-order valence-electron chi connectivity index (χ3n) is 0.760. The van der Waals surface area contributed by atoms with E-state index in [4.69, 9.17) is 11.6 Å². The van der Waals surface area contributed by atoms with Crippen molar-refractivity contribution in [1.82, 2.24) is 0 Å². The molecule has 0 saturated carbocycles. The molecule has 0 aromatic rings. The molecular weight excluding hydrogens is 122 g/mol. The van der Waals surface area contributed by atoms with E-state index >= 15 is 0 Å². The lowest BCUT2D eigenvalue weighted by atomic mass is 10.4. The second-order valence-corrected chi connectivity index (χ2v) is 2.19. The van der Waals surface area contributed by atoms with E-state index < -0.39 is 0 Å². The van der Waals surface area contributed by atoms with Crippen molar-refractivity contribution in [3.05, 3.63) is 11.1 Å². The maximum atomic E-state index is 5.53. The summed E-state index contributed by atoms with van der Waals surface area (Å²) in [6.45, 7) is 3.74. The van der Waals surface area contributed by atoms with Crippen molar-refractivity contribution in [1.29, 1.82) is 0 Å². The molecule has 0 aromatic carbocycles. The summed E-state index contributed by atoms with van der Waals surface area (Å²) in [5.74, 6) is 0. The van der Waals surface area contributed by atoms with Crippen molar-refractivity contribution in [3.63, 3.8) is 0 Å². The second-order valence-electron chi connectivity index (χ2n) is 1.60. The van der Waals surface area contributed by atoms with Crippen molar-refractivity contribution in [2.24, 2.45) is 4.99 Å². The highest BCUT2D eigenvalue weighted by Gasteiger charge is 1.80. The van der Waals surface area contributed by atoms with Crippen molar-refractivity contribution in [3.8, 4) is 0 Å². The molecule has 0 radical (unpaired) electrons. The van der Waals surface area contributed by atoms with Gasteiger partial charge in [-0.15, -0.1) is 0 Å². The molecule has 0 aliphatic carbocycles. The maximum Gasteiger partial charge on any atom is 0.0325 e. The normalized spacial score (nSPS) is 14.5. The Morgan fingerprint density at radius 1 is 1.50 bits per heavy atom. The predicted molar refractivity (Wildman–Crippen MR) is 38.6 cm³/mol. The molecule has 8 heavy (non-hydrogen) atoms. The summed E-state index contributed by atoms with van der Waals surface area (Å²) in [5, 5.41) is 0.771. The van der Waals surface area contributed by atoms with Gasteiger partial charge in [-0.25, -0.2) is 0 Å². The SMILES string of the molecule is C/N=C(C)\C=C(/C)Cl. The summed E-state index contributed by atoms with van der Waals surface area (Å²) < 4.78 is 0. The fourth-order valence-corrected chi connectivity index (χ4v) is 0.510. The van der Waals surface area contributed by atoms with Crippen molar-refractivity contribution >= 4 is 17.3 Å². The number of hydrogen-bond acceptors (Lipinski definition) is 1. The fourth-order valence-electron chi connectivity index (χ4n) is 0.352. The second kappa shape index (κ2) is 3.67. The molecule has 0 bridgehead atoms. The molecule has 0 aliphatic rings. The zero-order valence-corrected chi connectivity index (χ0v) is 6.16. The Kier molecular flexibility index (Phi) is 3.53. The largest absolute Gasteiger partial charge is 0.293 e. The van der Waals surface area contributed by atoms with Crippen LogP contribution in [0.15, 0.2) is 16.1 Å². The van der Waals surface area contributed by atoms with Gasteiger partial charge in [0.1, 0.15) is 0 Å². The van der Waals surface area contributed by atoms with Crippen molar-refractivity contribution in [2.75, 3.05) is 7.05 Å². The predicted octanol–water partition coefficient (Wildman–Crippen LogP) is 2.22. The standard InChI is InChI=1S/C6H10ClN/c1-5(7)4-6(2)8-3/h4H,1-3H3/b5-4+,8-6-. The van der Waals surface area contributed by atoms with E-state index in [0.717, 1.165) is 10.7 Å². The van der Waals surface area contributed by atoms with Crippen LogP contribution < -0.4 is 0 Å². The van der Waals surface area contributed by atoms with Crippen LogP contribution in [0, 0.1) is 0 Å². The third-order valence-corrected chi connectivity index (χ3v) is 0.870. The fraction of sp³-hybridized carbons (Fsp3) is 0.500. The Morgan fingerprint density at radius 2 is 2.00 bits per heavy atom. The number of rotatable bonds is 1. The minimum Gasteiger partial charge on any atom is -0.293 e. The molecule has 0 unspecified atom stereocenters. The first-order valence-corrected chi connectivity index (χ1v) is 2.82. The molecule has 0 rings (SSSR count). The van der Waals surface area contributed by atoms with Crippen LogP contribution in [0.25, 0.3) is 0 Å². The molecular formula is C6H10ClN. The molecule has 0 amide bonds. The molecule has 0 fully saturated rings. The van der Waals surface area contributed by atoms with Crippen molar-refractivity contribution < 1.29 is 0 Å². The van der Waals surface area contributed by atoms with Gasteiger partial charge in [0.2, 0.25) is 0 Å². The first-order valence-electron chi connectivity index (χ1n) is 2.44. The lowest BCUT2D eigenvalue weighted by molar-refractivity contribution is 1.43. The molecule has 46 valence electrons. The van der Waals surface area contributed by atoms with Crippen LogP contribution in [0.2, 0.25) is 0 Å². The summed E-state index contributed by atoms with van der Waals surface area (Å²) in [6, 6.07) is 0. The summed E-state index contributed by atoms with van der Waals surface area (Å²) in [5.41, 5.74) is 0.956. The molecule has 0 aliphatic heterocycles. The van der Waals surface area contributed by atoms with E-state index in [1.165, 1.54) is 0 Å². The molecule has 0 atom stereocenters. The van der Waals surface area contributed by atoms with E-state index in [1.54, 1.807) is 7.05 Å². The van der Waals surface area contributed by atoms with E-state index in [0.29, 0.717) is 0 Å². The summed E-state index contributed by atoms with van der Waals surface area (Å²) >= 11 is 5.53. The Bertz CT molecular complexity index is 120. The summed E-state index contributed by atoms with van der Waals surface area (Å²) in [4.78, 5) is 3.88. The minimum absolute atomic E-state index is 0.771. The number of halogens is 1. The molecule has 0 saturated heterocycles. The van der Waals surface area contributed by atoms with E-state index in [9.17, 15) is 0 Å². The number of aliphatic imine (C=N–C) groups is 1. The number of hydrogen-bond donors (Lipinski definition) is 0. The quantitative estimate of drug-likeness (QED) is 0.484. The van der Waals surface area contributed by atoms with Crippen LogP contribution in [0.1, 0.15) is 13.8 Å². The van der Waals surface area contributed by atoms with Crippen LogP contribution in [0.3, 0.4) is 0 Å². The summed E-state index contributed by atoms with van der Waals surface area (Å²) in [7, 11) is 1.74. The van der Waals surface area contributed by atoms with Gasteiger partial charge in [0, 0.05) is 17.8 Å². The first-order chi connectivity index (χ1) is 3.66. The molecule has 2 heteroatoms. The molecule has 0 aromatic heterocycles.